The molecule has 0 aliphatic heterocycles. The molecular weight excluding hydrogens is 655 g/mol. The molecule has 2 unspecified atom stereocenters. The predicted molar refractivity (Wildman–Crippen MR) is 226 cm³/mol. The van der Waals surface area contributed by atoms with Gasteiger partial charge in [0, 0.05) is 33.8 Å². The Hall–Kier alpha value is -6.38. The summed E-state index contributed by atoms with van der Waals surface area (Å²) in [4.78, 5) is 2.36. The molecule has 7 aromatic carbocycles. The van der Waals surface area contributed by atoms with Crippen LogP contribution in [0.15, 0.2) is 186 Å². The van der Waals surface area contributed by atoms with Gasteiger partial charge >= 0.3 is 0 Å². The van der Waals surface area contributed by atoms with Crippen LogP contribution in [0.25, 0.3) is 38.6 Å². The highest BCUT2D eigenvalue weighted by molar-refractivity contribution is 6.07. The number of hydrogen-bond acceptors (Lipinski definition) is 2. The van der Waals surface area contributed by atoms with Crippen LogP contribution in [0.5, 0.6) is 0 Å². The molecule has 0 spiro atoms. The molecule has 2 atom stereocenters. The summed E-state index contributed by atoms with van der Waals surface area (Å²) in [6, 6.07) is 59.9. The molecule has 0 amide bonds. The van der Waals surface area contributed by atoms with Gasteiger partial charge in [0.25, 0.3) is 0 Å². The maximum Gasteiger partial charge on any atom is 0.135 e. The predicted octanol–water partition coefficient (Wildman–Crippen LogP) is 14.0. The second-order valence-corrected chi connectivity index (χ2v) is 15.0. The normalized spacial score (nSPS) is 15.2. The van der Waals surface area contributed by atoms with Crippen LogP contribution in [0.2, 0.25) is 0 Å². The molecule has 0 radical (unpaired) electrons. The van der Waals surface area contributed by atoms with Crippen molar-refractivity contribution in [1.82, 2.24) is 0 Å². The Balaban J connectivity index is 1.08. The third kappa shape index (κ3) is 5.85. The van der Waals surface area contributed by atoms with Crippen molar-refractivity contribution in [2.75, 3.05) is 4.90 Å². The van der Waals surface area contributed by atoms with Crippen molar-refractivity contribution in [2.45, 2.75) is 32.1 Å². The number of rotatable bonds is 8. The van der Waals surface area contributed by atoms with Gasteiger partial charge in [-0.1, -0.05) is 140 Å². The summed E-state index contributed by atoms with van der Waals surface area (Å²) < 4.78 is 6.70. The molecule has 1 heterocycles. The van der Waals surface area contributed by atoms with Crippen molar-refractivity contribution < 1.29 is 4.42 Å². The highest BCUT2D eigenvalue weighted by atomic mass is 16.3. The van der Waals surface area contributed by atoms with Crippen LogP contribution < -0.4 is 4.90 Å². The summed E-state index contributed by atoms with van der Waals surface area (Å²) in [6.45, 7) is 2.28. The molecule has 10 rings (SSSR count). The number of furan rings is 1. The third-order valence-corrected chi connectivity index (χ3v) is 11.4. The smallest absolute Gasteiger partial charge is 0.135 e. The quantitative estimate of drug-likeness (QED) is 0.157. The molecule has 2 aliphatic rings. The lowest BCUT2D eigenvalue weighted by atomic mass is 9.81. The number of fused-ring (bicyclic) bond motifs is 6. The monoisotopic (exact) mass is 695 g/mol. The number of benzene rings is 7. The lowest BCUT2D eigenvalue weighted by Gasteiger charge is -2.26. The van der Waals surface area contributed by atoms with Crippen molar-refractivity contribution in [1.29, 1.82) is 0 Å². The van der Waals surface area contributed by atoms with E-state index in [-0.39, 0.29) is 5.92 Å². The minimum absolute atomic E-state index is 0.166. The zero-order valence-corrected chi connectivity index (χ0v) is 30.5. The van der Waals surface area contributed by atoms with Gasteiger partial charge < -0.3 is 9.32 Å². The van der Waals surface area contributed by atoms with Gasteiger partial charge in [0.1, 0.15) is 11.2 Å². The Morgan fingerprint density at radius 1 is 0.630 bits per heavy atom. The van der Waals surface area contributed by atoms with E-state index in [1.807, 2.05) is 0 Å². The first-order valence-electron chi connectivity index (χ1n) is 19.2. The molecule has 0 N–H and O–H groups in total. The van der Waals surface area contributed by atoms with Gasteiger partial charge in [-0.3, -0.25) is 0 Å². The van der Waals surface area contributed by atoms with Gasteiger partial charge in [-0.15, -0.1) is 0 Å². The molecule has 0 saturated heterocycles. The Morgan fingerprint density at radius 2 is 1.39 bits per heavy atom. The Labute approximate surface area is 317 Å². The van der Waals surface area contributed by atoms with Crippen molar-refractivity contribution in [3.63, 3.8) is 0 Å². The van der Waals surface area contributed by atoms with E-state index in [4.69, 9.17) is 4.42 Å². The van der Waals surface area contributed by atoms with Gasteiger partial charge in [0.15, 0.2) is 0 Å². The fourth-order valence-electron chi connectivity index (χ4n) is 8.79. The summed E-state index contributed by atoms with van der Waals surface area (Å²) in [5.74, 6) is 0.703. The van der Waals surface area contributed by atoms with Crippen molar-refractivity contribution in [3.05, 3.63) is 215 Å². The molecule has 2 nitrogen and oxygen atoms in total. The van der Waals surface area contributed by atoms with Crippen LogP contribution in [0.4, 0.5) is 17.1 Å². The Morgan fingerprint density at radius 3 is 2.26 bits per heavy atom. The zero-order valence-electron chi connectivity index (χ0n) is 30.5. The van der Waals surface area contributed by atoms with Gasteiger partial charge in [-0.25, -0.2) is 0 Å². The van der Waals surface area contributed by atoms with Gasteiger partial charge in [-0.05, 0) is 124 Å². The minimum atomic E-state index is 0.166. The Bertz CT molecular complexity index is 2720. The van der Waals surface area contributed by atoms with E-state index < -0.39 is 0 Å². The van der Waals surface area contributed by atoms with Gasteiger partial charge in [-0.2, -0.15) is 0 Å². The minimum Gasteiger partial charge on any atom is -0.456 e. The summed E-state index contributed by atoms with van der Waals surface area (Å²) in [5.41, 5.74) is 17.3. The van der Waals surface area contributed by atoms with E-state index in [0.29, 0.717) is 5.92 Å². The van der Waals surface area contributed by atoms with Crippen LogP contribution in [-0.2, 0) is 12.8 Å². The molecule has 2 aliphatic carbocycles. The fourth-order valence-corrected chi connectivity index (χ4v) is 8.79. The highest BCUT2D eigenvalue weighted by Gasteiger charge is 2.27. The summed E-state index contributed by atoms with van der Waals surface area (Å²) in [5, 5.41) is 2.25. The van der Waals surface area contributed by atoms with E-state index in [1.165, 1.54) is 50.1 Å². The first kappa shape index (κ1) is 32.3. The fraction of sp³-hybridized carbons (Fsp3) is 0.115. The summed E-state index contributed by atoms with van der Waals surface area (Å²) >= 11 is 0. The highest BCUT2D eigenvalue weighted by Crippen LogP contribution is 2.45. The molecule has 1 aromatic heterocycles. The van der Waals surface area contributed by atoms with Gasteiger partial charge in [0.2, 0.25) is 0 Å². The van der Waals surface area contributed by atoms with E-state index in [9.17, 15) is 0 Å². The van der Waals surface area contributed by atoms with E-state index in [0.717, 1.165) is 58.3 Å². The summed E-state index contributed by atoms with van der Waals surface area (Å²) in [7, 11) is 0. The molecular formula is C52H41NO. The average Bonchev–Trinajstić information content (AvgIpc) is 3.79. The lowest BCUT2D eigenvalue weighted by Crippen LogP contribution is -2.10. The molecule has 260 valence electrons. The molecule has 0 saturated carbocycles. The van der Waals surface area contributed by atoms with E-state index in [2.05, 4.69) is 194 Å². The molecule has 8 aromatic rings. The van der Waals surface area contributed by atoms with Crippen molar-refractivity contribution >= 4 is 44.6 Å². The number of hydrogen-bond donors (Lipinski definition) is 0. The first-order valence-corrected chi connectivity index (χ1v) is 19.2. The second-order valence-electron chi connectivity index (χ2n) is 15.0. The van der Waals surface area contributed by atoms with Gasteiger partial charge in [0.05, 0.1) is 0 Å². The SMILES string of the molecule is CC1C=C(c2cccc(N(c3ccccc3)c3ccc4oc5cc(C(Cc6ccccc6)c6cccc7c6-c6ccccc6C7)ccc5c4c3)c2)C=CC1. The molecule has 54 heavy (non-hydrogen) atoms. The Kier molecular flexibility index (Phi) is 8.10. The first-order chi connectivity index (χ1) is 26.7. The number of allylic oxidation sites excluding steroid dienone is 4. The maximum atomic E-state index is 6.70. The average molecular weight is 696 g/mol. The second kappa shape index (κ2) is 13.5. The van der Waals surface area contributed by atoms with E-state index in [1.54, 1.807) is 0 Å². The standard InChI is InChI=1S/C52H41NO/c1-35-13-10-17-37(29-35)38-18-11-22-43(32-38)53(42-20-6-3-7-21-42)44-26-28-50-49(34-44)46-27-25-40(33-51(46)54-50)48(30-36-14-4-2-5-15-36)47-24-12-19-41-31-39-16-8-9-23-45(39)52(41)47/h2-12,14-29,32-35,48H,13,30-31H2,1H3. The zero-order chi connectivity index (χ0) is 36.0. The van der Waals surface area contributed by atoms with Crippen molar-refractivity contribution in [2.24, 2.45) is 5.92 Å². The lowest BCUT2D eigenvalue weighted by molar-refractivity contribution is 0.667. The molecule has 2 heteroatoms. The number of nitrogens with zero attached hydrogens (tertiary/aromatic N) is 1. The van der Waals surface area contributed by atoms with E-state index >= 15 is 0 Å². The number of anilines is 3. The summed E-state index contributed by atoms with van der Waals surface area (Å²) in [6.07, 6.45) is 9.93. The maximum absolute atomic E-state index is 6.70. The van der Waals surface area contributed by atoms with Crippen LogP contribution in [0.1, 0.15) is 52.6 Å². The molecule has 0 fully saturated rings. The third-order valence-electron chi connectivity index (χ3n) is 11.4. The topological polar surface area (TPSA) is 16.4 Å². The number of para-hydroxylation sites is 1. The van der Waals surface area contributed by atoms with Crippen LogP contribution in [0.3, 0.4) is 0 Å². The van der Waals surface area contributed by atoms with Crippen LogP contribution in [0, 0.1) is 5.92 Å². The van der Waals surface area contributed by atoms with Crippen molar-refractivity contribution in [3.8, 4) is 11.1 Å². The van der Waals surface area contributed by atoms with Crippen LogP contribution in [-0.4, -0.2) is 0 Å². The largest absolute Gasteiger partial charge is 0.456 e. The molecule has 0 bridgehead atoms. The van der Waals surface area contributed by atoms with Crippen LogP contribution >= 0.6 is 0 Å².